The van der Waals surface area contributed by atoms with E-state index in [9.17, 15) is 14.7 Å². The van der Waals surface area contributed by atoms with E-state index in [0.717, 1.165) is 43.7 Å². The molecular formula is C34H45N4O5Si. The second-order valence-electron chi connectivity index (χ2n) is 14.4. The minimum atomic E-state index is -0.707. The lowest BCUT2D eigenvalue weighted by Gasteiger charge is -2.51. The van der Waals surface area contributed by atoms with Crippen LogP contribution in [0.5, 0.6) is 5.75 Å². The molecule has 0 saturated carbocycles. The van der Waals surface area contributed by atoms with Crippen LogP contribution in [0.25, 0.3) is 22.2 Å². The van der Waals surface area contributed by atoms with Gasteiger partial charge in [0.15, 0.2) is 0 Å². The average molecular weight is 618 g/mol. The van der Waals surface area contributed by atoms with E-state index >= 15 is 0 Å². The van der Waals surface area contributed by atoms with Gasteiger partial charge in [-0.3, -0.25) is 14.6 Å². The molecule has 2 aliphatic rings. The monoisotopic (exact) mass is 617 g/mol. The molecule has 235 valence electrons. The summed E-state index contributed by atoms with van der Waals surface area (Å²) in [5.74, 6) is 0.0793. The number of fused-ring (bicyclic) bond motifs is 2. The third kappa shape index (κ3) is 6.05. The molecule has 0 aliphatic carbocycles. The third-order valence-electron chi connectivity index (χ3n) is 9.37. The first-order valence-electron chi connectivity index (χ1n) is 15.4. The highest BCUT2D eigenvalue weighted by Crippen LogP contribution is 2.40. The van der Waals surface area contributed by atoms with Crippen molar-refractivity contribution in [1.29, 1.82) is 0 Å². The van der Waals surface area contributed by atoms with Crippen LogP contribution in [-0.2, 0) is 22.3 Å². The van der Waals surface area contributed by atoms with E-state index in [2.05, 4.69) is 72.4 Å². The van der Waals surface area contributed by atoms with E-state index < -0.39 is 17.4 Å². The third-order valence-corrected chi connectivity index (χ3v) is 9.79. The second-order valence-corrected chi connectivity index (χ2v) is 14.6. The van der Waals surface area contributed by atoms with Gasteiger partial charge in [-0.25, -0.2) is 9.36 Å². The lowest BCUT2D eigenvalue weighted by molar-refractivity contribution is -0.146. The molecule has 0 spiro atoms. The summed E-state index contributed by atoms with van der Waals surface area (Å²) >= 11 is 0. The van der Waals surface area contributed by atoms with Crippen molar-refractivity contribution < 1.29 is 23.9 Å². The number of hydrogen-bond acceptors (Lipinski definition) is 7. The standard InChI is InChI=1S/C34H45N4O5Si/c1-21(32(2,3)4)34(8,43-44)37-15-13-36(14-16-37)20-22-9-11-26-23(17-22)18-27(38(26)31(41)42-33(5,6)7)24-10-12-28(39)25-19-35-30(40)29(24)25/h9-12,17-18,21,39H,13-16,19-20H2,1-8H3,(H,35,40). The van der Waals surface area contributed by atoms with Crippen LogP contribution < -0.4 is 5.32 Å². The van der Waals surface area contributed by atoms with Gasteiger partial charge in [-0.15, -0.1) is 0 Å². The number of nitrogens with zero attached hydrogens (tertiary/aromatic N) is 3. The molecule has 3 heterocycles. The van der Waals surface area contributed by atoms with Gasteiger partial charge in [0.1, 0.15) is 17.1 Å². The van der Waals surface area contributed by atoms with Gasteiger partial charge in [-0.05, 0) is 69.0 Å². The number of phenols is 1. The number of carbonyl (C=O) groups excluding carboxylic acids is 2. The maximum Gasteiger partial charge on any atom is 0.419 e. The van der Waals surface area contributed by atoms with Crippen LogP contribution in [-0.4, -0.2) is 79.5 Å². The predicted octanol–water partition coefficient (Wildman–Crippen LogP) is 5.66. The molecular weight excluding hydrogens is 572 g/mol. The van der Waals surface area contributed by atoms with E-state index in [0.29, 0.717) is 33.8 Å². The van der Waals surface area contributed by atoms with Gasteiger partial charge in [0.05, 0.1) is 16.8 Å². The van der Waals surface area contributed by atoms with Crippen molar-refractivity contribution >= 4 is 33.4 Å². The molecule has 10 heteroatoms. The Morgan fingerprint density at radius 2 is 1.70 bits per heavy atom. The number of hydrogen-bond donors (Lipinski definition) is 2. The van der Waals surface area contributed by atoms with Crippen molar-refractivity contribution in [1.82, 2.24) is 19.7 Å². The number of carbonyl (C=O) groups is 2. The fourth-order valence-corrected chi connectivity index (χ4v) is 6.76. The zero-order valence-electron chi connectivity index (χ0n) is 27.2. The zero-order valence-corrected chi connectivity index (χ0v) is 28.2. The summed E-state index contributed by atoms with van der Waals surface area (Å²) < 4.78 is 13.3. The second kappa shape index (κ2) is 11.6. The van der Waals surface area contributed by atoms with Crippen molar-refractivity contribution in [2.45, 2.75) is 79.8 Å². The molecule has 1 saturated heterocycles. The first-order valence-corrected chi connectivity index (χ1v) is 15.8. The molecule has 2 aliphatic heterocycles. The quantitative estimate of drug-likeness (QED) is 0.345. The summed E-state index contributed by atoms with van der Waals surface area (Å²) in [6.07, 6.45) is -0.520. The van der Waals surface area contributed by atoms with Crippen molar-refractivity contribution in [2.24, 2.45) is 11.3 Å². The maximum absolute atomic E-state index is 13.6. The van der Waals surface area contributed by atoms with Crippen LogP contribution >= 0.6 is 0 Å². The molecule has 1 aromatic heterocycles. The SMILES string of the molecule is CC(C(C)(C)C)C(C)(O[Si])N1CCN(Cc2ccc3c(c2)cc(-c2ccc(O)c4c2C(=O)NC4)n3C(=O)OC(C)(C)C)CC1. The molecule has 3 aromatic rings. The Bertz CT molecular complexity index is 1580. The Hall–Kier alpha value is -3.18. The van der Waals surface area contributed by atoms with Gasteiger partial charge in [-0.1, -0.05) is 33.8 Å². The number of aromatic hydroxyl groups is 1. The summed E-state index contributed by atoms with van der Waals surface area (Å²) in [5.41, 5.74) is 2.84. The summed E-state index contributed by atoms with van der Waals surface area (Å²) in [6.45, 7) is 21.2. The summed E-state index contributed by atoms with van der Waals surface area (Å²) in [5, 5.41) is 14.1. The van der Waals surface area contributed by atoms with Gasteiger partial charge in [0, 0.05) is 61.7 Å². The normalized spacial score (nSPS) is 18.6. The van der Waals surface area contributed by atoms with Gasteiger partial charge in [0.2, 0.25) is 10.5 Å². The van der Waals surface area contributed by atoms with E-state index in [-0.39, 0.29) is 23.6 Å². The highest BCUT2D eigenvalue weighted by Gasteiger charge is 2.43. The van der Waals surface area contributed by atoms with E-state index in [1.165, 1.54) is 0 Å². The lowest BCUT2D eigenvalue weighted by Crippen LogP contribution is -2.61. The zero-order chi connectivity index (χ0) is 32.2. The fourth-order valence-electron chi connectivity index (χ4n) is 6.45. The fraction of sp³-hybridized carbons (Fsp3) is 0.529. The molecule has 0 bridgehead atoms. The van der Waals surface area contributed by atoms with E-state index in [1.807, 2.05) is 32.9 Å². The Balaban J connectivity index is 1.44. The maximum atomic E-state index is 13.6. The van der Waals surface area contributed by atoms with Gasteiger partial charge < -0.3 is 19.6 Å². The van der Waals surface area contributed by atoms with Crippen LogP contribution in [0, 0.1) is 11.3 Å². The number of amides is 1. The first kappa shape index (κ1) is 32.2. The Kier molecular flexibility index (Phi) is 8.52. The minimum absolute atomic E-state index is 0.0557. The van der Waals surface area contributed by atoms with E-state index in [4.69, 9.17) is 9.16 Å². The number of phenolic OH excluding ortho intramolecular Hbond substituents is 1. The highest BCUT2D eigenvalue weighted by atomic mass is 28.2. The van der Waals surface area contributed by atoms with Crippen LogP contribution in [0.4, 0.5) is 4.79 Å². The van der Waals surface area contributed by atoms with Crippen LogP contribution in [0.2, 0.25) is 0 Å². The predicted molar refractivity (Wildman–Crippen MR) is 173 cm³/mol. The van der Waals surface area contributed by atoms with Gasteiger partial charge in [0.25, 0.3) is 5.91 Å². The first-order chi connectivity index (χ1) is 20.5. The molecule has 2 atom stereocenters. The molecule has 1 amide bonds. The van der Waals surface area contributed by atoms with Crippen LogP contribution in [0.15, 0.2) is 36.4 Å². The molecule has 3 radical (unpaired) electrons. The molecule has 2 unspecified atom stereocenters. The number of rotatable bonds is 6. The summed E-state index contributed by atoms with van der Waals surface area (Å²) in [4.78, 5) is 31.3. The topological polar surface area (TPSA) is 96.3 Å². The minimum Gasteiger partial charge on any atom is -0.508 e. The van der Waals surface area contributed by atoms with Gasteiger partial charge >= 0.3 is 6.09 Å². The molecule has 44 heavy (non-hydrogen) atoms. The lowest BCUT2D eigenvalue weighted by atomic mass is 9.75. The Morgan fingerprint density at radius 3 is 2.32 bits per heavy atom. The Morgan fingerprint density at radius 1 is 1.02 bits per heavy atom. The number of piperazine rings is 1. The number of benzene rings is 2. The van der Waals surface area contributed by atoms with Crippen molar-refractivity contribution in [3.8, 4) is 17.0 Å². The molecule has 9 nitrogen and oxygen atoms in total. The molecule has 5 rings (SSSR count). The van der Waals surface area contributed by atoms with Crippen molar-refractivity contribution in [3.63, 3.8) is 0 Å². The number of aromatic nitrogens is 1. The van der Waals surface area contributed by atoms with Crippen LogP contribution in [0.1, 0.15) is 76.9 Å². The number of ether oxygens (including phenoxy) is 1. The highest BCUT2D eigenvalue weighted by molar-refractivity contribution is 6.07. The molecule has 1 fully saturated rings. The van der Waals surface area contributed by atoms with Gasteiger partial charge in [-0.2, -0.15) is 0 Å². The average Bonchev–Trinajstić information content (AvgIpc) is 3.53. The summed E-state index contributed by atoms with van der Waals surface area (Å²) in [7, 11) is 3.40. The Labute approximate surface area is 264 Å². The van der Waals surface area contributed by atoms with E-state index in [1.54, 1.807) is 16.7 Å². The van der Waals surface area contributed by atoms with Crippen molar-refractivity contribution in [3.05, 3.63) is 53.1 Å². The smallest absolute Gasteiger partial charge is 0.419 e. The molecule has 2 N–H and O–H groups in total. The molecule has 2 aromatic carbocycles. The van der Waals surface area contributed by atoms with Crippen LogP contribution in [0.3, 0.4) is 0 Å². The largest absolute Gasteiger partial charge is 0.508 e. The number of nitrogens with one attached hydrogen (secondary N) is 1. The summed E-state index contributed by atoms with van der Waals surface area (Å²) in [6, 6.07) is 11.3. The van der Waals surface area contributed by atoms with Crippen molar-refractivity contribution in [2.75, 3.05) is 26.2 Å².